The van der Waals surface area contributed by atoms with Crippen LogP contribution in [0.5, 0.6) is 11.5 Å². The van der Waals surface area contributed by atoms with Gasteiger partial charge >= 0.3 is 0 Å². The fraction of sp³-hybridized carbons (Fsp3) is 0.562. The van der Waals surface area contributed by atoms with Crippen LogP contribution in [0, 0.1) is 11.8 Å². The Morgan fingerprint density at radius 1 is 1.07 bits per heavy atom. The van der Waals surface area contributed by atoms with E-state index < -0.39 is 28.2 Å². The van der Waals surface area contributed by atoms with Gasteiger partial charge in [0.25, 0.3) is 5.91 Å². The smallest absolute Gasteiger partial charge is 0.255 e. The number of carbonyl (C=O) groups is 2. The Bertz CT molecular complexity index is 1370. The summed E-state index contributed by atoms with van der Waals surface area (Å²) in [6.45, 7) is 8.29. The summed E-state index contributed by atoms with van der Waals surface area (Å²) < 4.78 is 40.0. The second kappa shape index (κ2) is 15.2. The molecule has 242 valence electrons. The van der Waals surface area contributed by atoms with Crippen molar-refractivity contribution in [3.8, 4) is 11.5 Å². The normalized spacial score (nSPS) is 18.3. The maximum absolute atomic E-state index is 14.0. The minimum Gasteiger partial charge on any atom is -0.454 e. The van der Waals surface area contributed by atoms with Gasteiger partial charge in [-0.05, 0) is 55.3 Å². The van der Waals surface area contributed by atoms with E-state index in [1.165, 1.54) is 21.4 Å². The lowest BCUT2D eigenvalue weighted by atomic mass is 9.98. The van der Waals surface area contributed by atoms with Gasteiger partial charge in [0.2, 0.25) is 22.7 Å². The van der Waals surface area contributed by atoms with Crippen LogP contribution in [0.25, 0.3) is 0 Å². The first-order valence-corrected chi connectivity index (χ1v) is 16.9. The molecular weight excluding hydrogens is 584 g/mol. The molecule has 2 aliphatic heterocycles. The zero-order valence-corrected chi connectivity index (χ0v) is 26.9. The van der Waals surface area contributed by atoms with Gasteiger partial charge in [-0.25, -0.2) is 13.4 Å². The Morgan fingerprint density at radius 3 is 2.45 bits per heavy atom. The van der Waals surface area contributed by atoms with Crippen LogP contribution in [0.3, 0.4) is 0 Å². The number of rotatable bonds is 14. The molecule has 1 unspecified atom stereocenters. The van der Waals surface area contributed by atoms with E-state index in [-0.39, 0.29) is 61.3 Å². The van der Waals surface area contributed by atoms with E-state index in [1.807, 2.05) is 58.0 Å². The molecule has 0 spiro atoms. The number of ether oxygens (including phenoxy) is 2. The second-order valence-electron chi connectivity index (χ2n) is 12.2. The highest BCUT2D eigenvalue weighted by Gasteiger charge is 2.37. The highest BCUT2D eigenvalue weighted by molar-refractivity contribution is 7.89. The van der Waals surface area contributed by atoms with Gasteiger partial charge in [0, 0.05) is 25.6 Å². The zero-order chi connectivity index (χ0) is 31.9. The Morgan fingerprint density at radius 2 is 1.80 bits per heavy atom. The molecule has 2 amide bonds. The maximum atomic E-state index is 14.0. The third kappa shape index (κ3) is 8.50. The monoisotopic (exact) mass is 630 g/mol. The molecule has 2 heterocycles. The van der Waals surface area contributed by atoms with Crippen molar-refractivity contribution in [2.24, 2.45) is 11.8 Å². The van der Waals surface area contributed by atoms with E-state index in [0.29, 0.717) is 24.5 Å². The van der Waals surface area contributed by atoms with Crippen LogP contribution in [0.4, 0.5) is 0 Å². The first-order chi connectivity index (χ1) is 21.0. The minimum absolute atomic E-state index is 0.0109. The SMILES string of the molecule is CC[C@H](C)CC(=O)N(NC(=O)[C@@H]1CCCN1)C(Cc1ccccc1)[C@H](O)CN(CC(C)C)S(=O)(=O)c1ccc2c(c1)OCO2. The molecular formula is C32H46N4O7S. The first kappa shape index (κ1) is 33.7. The number of benzene rings is 2. The van der Waals surface area contributed by atoms with Crippen LogP contribution in [-0.4, -0.2) is 79.3 Å². The summed E-state index contributed by atoms with van der Waals surface area (Å²) in [4.78, 5) is 27.1. The van der Waals surface area contributed by atoms with Crippen molar-refractivity contribution >= 4 is 21.8 Å². The predicted molar refractivity (Wildman–Crippen MR) is 166 cm³/mol. The van der Waals surface area contributed by atoms with E-state index in [2.05, 4.69) is 10.7 Å². The lowest BCUT2D eigenvalue weighted by Crippen LogP contribution is -2.61. The van der Waals surface area contributed by atoms with Crippen molar-refractivity contribution in [2.75, 3.05) is 26.4 Å². The summed E-state index contributed by atoms with van der Waals surface area (Å²) in [5.74, 6) is 0.102. The summed E-state index contributed by atoms with van der Waals surface area (Å²) in [5.41, 5.74) is 3.66. The average Bonchev–Trinajstić information content (AvgIpc) is 3.71. The van der Waals surface area contributed by atoms with E-state index in [0.717, 1.165) is 18.4 Å². The number of hydrogen-bond acceptors (Lipinski definition) is 8. The number of fused-ring (bicyclic) bond motifs is 1. The van der Waals surface area contributed by atoms with Crippen molar-refractivity contribution in [1.29, 1.82) is 0 Å². The van der Waals surface area contributed by atoms with E-state index >= 15 is 0 Å². The van der Waals surface area contributed by atoms with Crippen LogP contribution in [0.1, 0.15) is 58.9 Å². The molecule has 0 bridgehead atoms. The number of hydrogen-bond donors (Lipinski definition) is 3. The molecule has 4 rings (SSSR count). The number of amides is 2. The molecule has 44 heavy (non-hydrogen) atoms. The fourth-order valence-electron chi connectivity index (χ4n) is 5.43. The van der Waals surface area contributed by atoms with Gasteiger partial charge in [0.15, 0.2) is 11.5 Å². The van der Waals surface area contributed by atoms with Gasteiger partial charge in [0.05, 0.1) is 23.1 Å². The summed E-state index contributed by atoms with van der Waals surface area (Å²) >= 11 is 0. The lowest BCUT2D eigenvalue weighted by Gasteiger charge is -2.38. The van der Waals surface area contributed by atoms with Gasteiger partial charge in [-0.1, -0.05) is 64.4 Å². The minimum atomic E-state index is -4.09. The number of hydrazine groups is 1. The summed E-state index contributed by atoms with van der Waals surface area (Å²) in [7, 11) is -4.09. The highest BCUT2D eigenvalue weighted by atomic mass is 32.2. The molecule has 2 aliphatic rings. The molecule has 4 atom stereocenters. The van der Waals surface area contributed by atoms with Crippen LogP contribution >= 0.6 is 0 Å². The molecule has 11 nitrogen and oxygen atoms in total. The molecule has 2 aromatic carbocycles. The Labute approximate surface area is 260 Å². The van der Waals surface area contributed by atoms with E-state index in [9.17, 15) is 23.1 Å². The van der Waals surface area contributed by atoms with Gasteiger partial charge in [-0.2, -0.15) is 4.31 Å². The summed E-state index contributed by atoms with van der Waals surface area (Å²) in [6, 6.07) is 12.4. The average molecular weight is 631 g/mol. The van der Waals surface area contributed by atoms with Crippen LogP contribution in [-0.2, 0) is 26.0 Å². The lowest BCUT2D eigenvalue weighted by molar-refractivity contribution is -0.149. The van der Waals surface area contributed by atoms with Crippen LogP contribution < -0.4 is 20.2 Å². The number of nitrogens with zero attached hydrogens (tertiary/aromatic N) is 2. The van der Waals surface area contributed by atoms with Crippen molar-refractivity contribution in [1.82, 2.24) is 20.1 Å². The third-order valence-electron chi connectivity index (χ3n) is 8.10. The Hall–Kier alpha value is -3.19. The molecule has 3 N–H and O–H groups in total. The number of nitrogens with one attached hydrogen (secondary N) is 2. The summed E-state index contributed by atoms with van der Waals surface area (Å²) in [5, 5.41) is 16.3. The van der Waals surface area contributed by atoms with Crippen molar-refractivity contribution in [3.05, 3.63) is 54.1 Å². The quantitative estimate of drug-likeness (QED) is 0.271. The van der Waals surface area contributed by atoms with Crippen molar-refractivity contribution < 1.29 is 32.6 Å². The third-order valence-corrected chi connectivity index (χ3v) is 9.93. The molecule has 2 aromatic rings. The molecule has 0 radical (unpaired) electrons. The van der Waals surface area contributed by atoms with Crippen molar-refractivity contribution in [3.63, 3.8) is 0 Å². The number of sulfonamides is 1. The zero-order valence-electron chi connectivity index (χ0n) is 26.1. The maximum Gasteiger partial charge on any atom is 0.255 e. The fourth-order valence-corrected chi connectivity index (χ4v) is 7.06. The highest BCUT2D eigenvalue weighted by Crippen LogP contribution is 2.35. The molecule has 0 aliphatic carbocycles. The number of aliphatic hydroxyl groups is 1. The Balaban J connectivity index is 1.68. The largest absolute Gasteiger partial charge is 0.454 e. The molecule has 0 aromatic heterocycles. The topological polar surface area (TPSA) is 138 Å². The van der Waals surface area contributed by atoms with Gasteiger partial charge in [-0.3, -0.25) is 15.0 Å². The van der Waals surface area contributed by atoms with Crippen LogP contribution in [0.2, 0.25) is 0 Å². The molecule has 12 heteroatoms. The van der Waals surface area contributed by atoms with Gasteiger partial charge in [-0.15, -0.1) is 0 Å². The van der Waals surface area contributed by atoms with Gasteiger partial charge < -0.3 is 19.9 Å². The molecule has 1 fully saturated rings. The van der Waals surface area contributed by atoms with Crippen molar-refractivity contribution in [2.45, 2.75) is 82.9 Å². The van der Waals surface area contributed by atoms with E-state index in [1.54, 1.807) is 6.07 Å². The number of carbonyl (C=O) groups excluding carboxylic acids is 2. The van der Waals surface area contributed by atoms with Gasteiger partial charge in [0.1, 0.15) is 0 Å². The predicted octanol–water partition coefficient (Wildman–Crippen LogP) is 3.08. The molecule has 1 saturated heterocycles. The summed E-state index contributed by atoms with van der Waals surface area (Å²) in [6.07, 6.45) is 1.28. The number of aliphatic hydroxyl groups excluding tert-OH is 1. The Kier molecular flexibility index (Phi) is 11.6. The van der Waals surface area contributed by atoms with Crippen LogP contribution in [0.15, 0.2) is 53.4 Å². The second-order valence-corrected chi connectivity index (χ2v) is 14.1. The molecule has 0 saturated carbocycles. The first-order valence-electron chi connectivity index (χ1n) is 15.5. The van der Waals surface area contributed by atoms with E-state index in [4.69, 9.17) is 9.47 Å². The standard InChI is InChI=1S/C32H46N4O7S/c1-5-23(4)16-31(38)36(34-32(39)26-12-9-15-33-26)27(17-24-10-7-6-8-11-24)28(37)20-35(19-22(2)3)44(40,41)25-13-14-29-30(18-25)43-21-42-29/h6-8,10-11,13-14,18,22-23,26-28,33,37H,5,9,12,15-17,19-21H2,1-4H3,(H,34,39)/t23-,26-,27?,28+/m0/s1.